The van der Waals surface area contributed by atoms with Gasteiger partial charge < -0.3 is 59.9 Å². The molecule has 6 saturated heterocycles. The Kier molecular flexibility index (Phi) is 11.6. The number of hydrogen-bond donors (Lipinski definition) is 6. The summed E-state index contributed by atoms with van der Waals surface area (Å²) < 4.78 is 81.3. The molecule has 8 fully saturated rings. The predicted octanol–water partition coefficient (Wildman–Crippen LogP) is 8.72. The van der Waals surface area contributed by atoms with E-state index in [1.165, 1.54) is 24.3 Å². The number of rotatable bonds is 8. The molecule has 2 aliphatic carbocycles. The summed E-state index contributed by atoms with van der Waals surface area (Å²) in [6.45, 7) is 1.91. The number of anilines is 2. The van der Waals surface area contributed by atoms with Crippen LogP contribution in [0.3, 0.4) is 0 Å². The van der Waals surface area contributed by atoms with Crippen molar-refractivity contribution in [1.82, 2.24) is 40.4 Å². The molecule has 10 aliphatic rings. The lowest BCUT2D eigenvalue weighted by Crippen LogP contribution is -2.68. The van der Waals surface area contributed by atoms with E-state index in [4.69, 9.17) is 19.4 Å². The number of piperidine rings is 1. The standard InChI is InChI=1S/C59H66F4N10O8/c60-37-28-43-41-26-35(37)56-14-4-6-32(56)22-47(72(56)52(74)58(68-54(76)77,50(64-41)66-43)30-10-18-80-19-11-30)45-8-9-46(71(45)34-24-39(62)49(40(63)25-34)70-16-2-1-3-17-70)48-23-33-7-5-15-57(33)36-27-42-44(29-38(36)61)67-51(65-42)59(69-55(78)79,53(75)73(48)57)31-12-20-81-21-13-31/h24-33,45-48,68-69H,1-23H2,(H,64,66)(H,65,67)(H,76,77)(H,78,79)/t32-,33?,45-,46+,47?,48?,56-,57?,58-,59?/m0/s1. The number of nitrogens with zero attached hydrogens (tertiary/aromatic N) is 6. The van der Waals surface area contributed by atoms with Crippen LogP contribution in [-0.4, -0.2) is 128 Å². The number of H-pyrrole nitrogens is 2. The van der Waals surface area contributed by atoms with Gasteiger partial charge in [-0.2, -0.15) is 0 Å². The molecule has 3 aromatic carbocycles. The first-order valence-electron chi connectivity index (χ1n) is 29.5. The van der Waals surface area contributed by atoms with Crippen molar-refractivity contribution in [2.75, 3.05) is 49.3 Å². The van der Waals surface area contributed by atoms with E-state index in [0.29, 0.717) is 114 Å². The summed E-state index contributed by atoms with van der Waals surface area (Å²) in [6, 6.07) is 5.63. The lowest BCUT2D eigenvalue weighted by atomic mass is 9.74. The topological polar surface area (TPSA) is 222 Å². The minimum Gasteiger partial charge on any atom is -0.465 e. The van der Waals surface area contributed by atoms with Crippen molar-refractivity contribution in [2.24, 2.45) is 23.7 Å². The summed E-state index contributed by atoms with van der Waals surface area (Å²) in [5.74, 6) is -5.80. The van der Waals surface area contributed by atoms with Gasteiger partial charge in [-0.25, -0.2) is 37.1 Å². The van der Waals surface area contributed by atoms with Gasteiger partial charge in [-0.1, -0.05) is 12.8 Å². The molecule has 15 rings (SSSR count). The molecule has 428 valence electrons. The van der Waals surface area contributed by atoms with E-state index in [0.717, 1.165) is 19.3 Å². The molecule has 2 spiro atoms. The number of hydrogen-bond acceptors (Lipinski definition) is 10. The molecule has 10 atom stereocenters. The number of carboxylic acid groups (broad SMARTS) is 2. The molecule has 81 heavy (non-hydrogen) atoms. The summed E-state index contributed by atoms with van der Waals surface area (Å²) in [5.41, 5.74) is -4.62. The molecule has 10 heterocycles. The zero-order valence-corrected chi connectivity index (χ0v) is 44.9. The van der Waals surface area contributed by atoms with E-state index in [1.807, 2.05) is 4.90 Å². The van der Waals surface area contributed by atoms with Crippen LogP contribution in [0.4, 0.5) is 38.5 Å². The van der Waals surface area contributed by atoms with Crippen LogP contribution in [0.15, 0.2) is 36.4 Å². The Labute approximate surface area is 463 Å². The van der Waals surface area contributed by atoms with E-state index >= 15 is 27.2 Å². The van der Waals surface area contributed by atoms with E-state index in [9.17, 15) is 19.8 Å². The molecular formula is C59H66F4N10O8. The van der Waals surface area contributed by atoms with Gasteiger partial charge >= 0.3 is 12.2 Å². The monoisotopic (exact) mass is 1120 g/mol. The summed E-state index contributed by atoms with van der Waals surface area (Å²) in [4.78, 5) is 84.3. The second kappa shape index (κ2) is 18.4. The third kappa shape index (κ3) is 7.03. The maximum atomic E-state index is 17.5. The Morgan fingerprint density at radius 3 is 1.43 bits per heavy atom. The number of carbonyl (C=O) groups excluding carboxylic acids is 2. The fraction of sp³-hybridized carbons (Fsp3) is 0.593. The largest absolute Gasteiger partial charge is 0.465 e. The van der Waals surface area contributed by atoms with Crippen molar-refractivity contribution >= 4 is 57.4 Å². The third-order valence-corrected chi connectivity index (χ3v) is 21.7. The maximum absolute atomic E-state index is 17.5. The number of carbonyl (C=O) groups is 4. The van der Waals surface area contributed by atoms with Crippen molar-refractivity contribution < 1.29 is 56.4 Å². The van der Waals surface area contributed by atoms with Crippen LogP contribution in [0.1, 0.15) is 132 Å². The molecule has 5 aromatic rings. The van der Waals surface area contributed by atoms with Crippen LogP contribution in [0.5, 0.6) is 0 Å². The van der Waals surface area contributed by atoms with Crippen molar-refractivity contribution in [3.05, 3.63) is 82.4 Å². The number of aromatic nitrogens is 4. The van der Waals surface area contributed by atoms with E-state index in [-0.39, 0.29) is 83.4 Å². The molecule has 6 bridgehead atoms. The van der Waals surface area contributed by atoms with Crippen LogP contribution in [0.25, 0.3) is 22.1 Å². The second-order valence-corrected chi connectivity index (χ2v) is 25.0. The summed E-state index contributed by atoms with van der Waals surface area (Å²) in [6.07, 6.45) is 5.17. The minimum absolute atomic E-state index is 0.0375. The Bertz CT molecular complexity index is 3240. The number of ether oxygens (including phenoxy) is 2. The third-order valence-electron chi connectivity index (χ3n) is 21.7. The first-order chi connectivity index (χ1) is 39.2. The van der Waals surface area contributed by atoms with Gasteiger partial charge in [0.25, 0.3) is 11.8 Å². The fourth-order valence-electron chi connectivity index (χ4n) is 18.6. The maximum Gasteiger partial charge on any atom is 0.405 e. The number of halogens is 4. The Hall–Kier alpha value is -6.68. The fourth-order valence-corrected chi connectivity index (χ4v) is 18.6. The van der Waals surface area contributed by atoms with Crippen LogP contribution < -0.4 is 20.4 Å². The zero-order chi connectivity index (χ0) is 55.5. The molecule has 6 N–H and O–H groups in total. The van der Waals surface area contributed by atoms with Gasteiger partial charge in [0.1, 0.15) is 29.0 Å². The number of benzene rings is 3. The lowest BCUT2D eigenvalue weighted by Gasteiger charge is -2.52. The quantitative estimate of drug-likeness (QED) is 0.0804. The molecule has 2 aromatic heterocycles. The number of amides is 4. The van der Waals surface area contributed by atoms with Crippen LogP contribution >= 0.6 is 0 Å². The first kappa shape index (κ1) is 51.2. The Morgan fingerprint density at radius 1 is 0.556 bits per heavy atom. The highest BCUT2D eigenvalue weighted by molar-refractivity contribution is 5.95. The van der Waals surface area contributed by atoms with Gasteiger partial charge in [-0.15, -0.1) is 0 Å². The van der Waals surface area contributed by atoms with Gasteiger partial charge in [0.05, 0.1) is 45.2 Å². The first-order valence-corrected chi connectivity index (χ1v) is 29.5. The van der Waals surface area contributed by atoms with Crippen molar-refractivity contribution in [3.8, 4) is 0 Å². The van der Waals surface area contributed by atoms with Gasteiger partial charge in [0.2, 0.25) is 0 Å². The smallest absolute Gasteiger partial charge is 0.405 e. The van der Waals surface area contributed by atoms with Crippen molar-refractivity contribution in [1.29, 1.82) is 0 Å². The second-order valence-electron chi connectivity index (χ2n) is 25.0. The van der Waals surface area contributed by atoms with Crippen LogP contribution in [0, 0.1) is 46.9 Å². The van der Waals surface area contributed by atoms with Gasteiger partial charge in [0, 0.05) is 92.4 Å². The highest BCUT2D eigenvalue weighted by Crippen LogP contribution is 2.64. The molecule has 2 saturated carbocycles. The van der Waals surface area contributed by atoms with Gasteiger partial charge in [-0.05, 0) is 132 Å². The van der Waals surface area contributed by atoms with Crippen molar-refractivity contribution in [2.45, 2.75) is 155 Å². The summed E-state index contributed by atoms with van der Waals surface area (Å²) >= 11 is 0. The number of fused-ring (bicyclic) bond motifs is 4. The average molecular weight is 1120 g/mol. The molecule has 22 heteroatoms. The molecule has 0 radical (unpaired) electrons. The van der Waals surface area contributed by atoms with Gasteiger partial charge in [-0.3, -0.25) is 9.59 Å². The lowest BCUT2D eigenvalue weighted by molar-refractivity contribution is -0.152. The van der Waals surface area contributed by atoms with E-state index in [1.54, 1.807) is 26.8 Å². The van der Waals surface area contributed by atoms with Crippen LogP contribution in [0.2, 0.25) is 0 Å². The Morgan fingerprint density at radius 2 is 1.00 bits per heavy atom. The number of imidazole rings is 2. The molecule has 5 unspecified atom stereocenters. The number of nitrogens with one attached hydrogen (secondary N) is 4. The average Bonchev–Trinajstić information content (AvgIpc) is 2.23. The van der Waals surface area contributed by atoms with Crippen molar-refractivity contribution in [3.63, 3.8) is 0 Å². The Balaban J connectivity index is 0.941. The predicted molar refractivity (Wildman–Crippen MR) is 285 cm³/mol. The minimum atomic E-state index is -2.01. The zero-order valence-electron chi connectivity index (χ0n) is 44.9. The molecular weight excluding hydrogens is 1050 g/mol. The van der Waals surface area contributed by atoms with E-state index in [2.05, 4.69) is 20.6 Å². The normalized spacial score (nSPS) is 33.9. The van der Waals surface area contributed by atoms with E-state index < -0.39 is 105 Å². The summed E-state index contributed by atoms with van der Waals surface area (Å²) in [5, 5.41) is 27.4. The molecule has 4 amide bonds. The van der Waals surface area contributed by atoms with Gasteiger partial charge in [0.15, 0.2) is 22.7 Å². The molecule has 8 aliphatic heterocycles. The van der Waals surface area contributed by atoms with Crippen LogP contribution in [-0.2, 0) is 41.2 Å². The highest BCUT2D eigenvalue weighted by Gasteiger charge is 2.70. The molecule has 18 nitrogen and oxygen atoms in total. The number of aromatic amines is 2. The highest BCUT2D eigenvalue weighted by atomic mass is 19.1. The summed E-state index contributed by atoms with van der Waals surface area (Å²) in [7, 11) is 0. The SMILES string of the molecule is O=C(O)NC1(C2CCOCC2)C(=O)N2C([C@H]3CC[C@@H](C4C[C@@H]5CCC[C@@]56c5cc7[nH]c(nc7cc5F)[C@@](NC(=O)O)(C5CCOCC5)C(=O)N46)N3c3cc(F)c(N4CCCCC4)c(F)c3)CC3CCCC32c2cc3[nH]c1nc3cc2F.